The fourth-order valence-corrected chi connectivity index (χ4v) is 3.38. The first-order valence-electron chi connectivity index (χ1n) is 6.66. The van der Waals surface area contributed by atoms with Gasteiger partial charge in [0.25, 0.3) is 0 Å². The number of rotatable bonds is 3. The number of thioether (sulfide) groups is 1. The van der Waals surface area contributed by atoms with Crippen molar-refractivity contribution in [3.8, 4) is 0 Å². The molecule has 8 heteroatoms. The molecule has 114 valence electrons. The molecule has 2 heterocycles. The van der Waals surface area contributed by atoms with E-state index in [1.807, 2.05) is 0 Å². The van der Waals surface area contributed by atoms with Gasteiger partial charge in [0.1, 0.15) is 10.6 Å². The van der Waals surface area contributed by atoms with Crippen molar-refractivity contribution in [2.24, 2.45) is 0 Å². The summed E-state index contributed by atoms with van der Waals surface area (Å²) in [6, 6.07) is 0. The fourth-order valence-electron chi connectivity index (χ4n) is 2.15. The molecule has 1 fully saturated rings. The highest BCUT2D eigenvalue weighted by atomic mass is 32.2. The van der Waals surface area contributed by atoms with Crippen molar-refractivity contribution in [3.05, 3.63) is 21.7 Å². The topological polar surface area (TPSA) is 101 Å². The van der Waals surface area contributed by atoms with Gasteiger partial charge < -0.3 is 15.0 Å². The minimum Gasteiger partial charge on any atom is -0.465 e. The minimum absolute atomic E-state index is 0.0898. The zero-order valence-corrected chi connectivity index (χ0v) is 12.7. The van der Waals surface area contributed by atoms with Crippen molar-refractivity contribution in [3.63, 3.8) is 0 Å². The van der Waals surface area contributed by atoms with E-state index in [4.69, 9.17) is 4.74 Å². The van der Waals surface area contributed by atoms with Crippen LogP contribution in [0, 0.1) is 6.92 Å². The van der Waals surface area contributed by atoms with E-state index in [1.54, 1.807) is 6.92 Å². The number of esters is 1. The van der Waals surface area contributed by atoms with Gasteiger partial charge in [0.05, 0.1) is 12.4 Å². The highest BCUT2D eigenvalue weighted by Crippen LogP contribution is 2.29. The Balaban J connectivity index is 2.35. The molecule has 1 saturated heterocycles. The number of aromatic nitrogens is 2. The number of aryl methyl sites for hydroxylation is 1. The van der Waals surface area contributed by atoms with Crippen LogP contribution in [0.25, 0.3) is 0 Å². The SMILES string of the molecule is COC(=O)c1c(S[C@@H]2CCCCNC2=O)nc(=O)[nH]c1C. The summed E-state index contributed by atoms with van der Waals surface area (Å²) in [4.78, 5) is 41.7. The maximum Gasteiger partial charge on any atom is 0.346 e. The molecule has 0 radical (unpaired) electrons. The van der Waals surface area contributed by atoms with Gasteiger partial charge in [-0.3, -0.25) is 4.79 Å². The molecule has 1 aliphatic heterocycles. The van der Waals surface area contributed by atoms with Gasteiger partial charge in [-0.25, -0.2) is 9.59 Å². The lowest BCUT2D eigenvalue weighted by Gasteiger charge is -2.14. The van der Waals surface area contributed by atoms with Crippen LogP contribution in [0.2, 0.25) is 0 Å². The molecule has 21 heavy (non-hydrogen) atoms. The molecule has 1 amide bonds. The van der Waals surface area contributed by atoms with Crippen LogP contribution in [0.5, 0.6) is 0 Å². The maximum absolute atomic E-state index is 12.0. The van der Waals surface area contributed by atoms with E-state index in [0.717, 1.165) is 24.6 Å². The molecule has 0 aromatic carbocycles. The fraction of sp³-hybridized carbons (Fsp3) is 0.538. The summed E-state index contributed by atoms with van der Waals surface area (Å²) in [7, 11) is 1.26. The Hall–Kier alpha value is -1.83. The summed E-state index contributed by atoms with van der Waals surface area (Å²) in [6.07, 6.45) is 2.52. The molecule has 0 unspecified atom stereocenters. The van der Waals surface area contributed by atoms with Crippen LogP contribution in [0.15, 0.2) is 9.82 Å². The summed E-state index contributed by atoms with van der Waals surface area (Å²) in [6.45, 7) is 2.26. The molecule has 0 aliphatic carbocycles. The Morgan fingerprint density at radius 3 is 2.86 bits per heavy atom. The van der Waals surface area contributed by atoms with Crippen LogP contribution in [0.3, 0.4) is 0 Å². The number of carbonyl (C=O) groups excluding carboxylic acids is 2. The zero-order chi connectivity index (χ0) is 15.4. The van der Waals surface area contributed by atoms with Crippen molar-refractivity contribution in [2.45, 2.75) is 36.5 Å². The Kier molecular flexibility index (Phi) is 5.00. The normalized spacial score (nSPS) is 18.8. The van der Waals surface area contributed by atoms with Crippen molar-refractivity contribution in [1.29, 1.82) is 0 Å². The predicted octanol–water partition coefficient (Wildman–Crippen LogP) is 0.626. The van der Waals surface area contributed by atoms with Gasteiger partial charge in [-0.1, -0.05) is 18.2 Å². The molecule has 0 saturated carbocycles. The van der Waals surface area contributed by atoms with Crippen LogP contribution in [0.1, 0.15) is 35.3 Å². The van der Waals surface area contributed by atoms with Crippen LogP contribution in [-0.2, 0) is 9.53 Å². The summed E-state index contributed by atoms with van der Waals surface area (Å²) in [5.41, 5.74) is 0.0502. The number of nitrogens with one attached hydrogen (secondary N) is 2. The summed E-state index contributed by atoms with van der Waals surface area (Å²) < 4.78 is 4.72. The van der Waals surface area contributed by atoms with Gasteiger partial charge in [0, 0.05) is 12.2 Å². The van der Waals surface area contributed by atoms with Gasteiger partial charge in [0.15, 0.2) is 0 Å². The van der Waals surface area contributed by atoms with E-state index in [1.165, 1.54) is 7.11 Å². The van der Waals surface area contributed by atoms with Crippen LogP contribution < -0.4 is 11.0 Å². The van der Waals surface area contributed by atoms with Crippen LogP contribution in [-0.4, -0.2) is 40.7 Å². The second-order valence-electron chi connectivity index (χ2n) is 4.73. The average molecular weight is 311 g/mol. The Morgan fingerprint density at radius 2 is 2.14 bits per heavy atom. The molecule has 1 aromatic heterocycles. The molecule has 1 atom stereocenters. The number of methoxy groups -OCH3 is 1. The molecule has 2 rings (SSSR count). The third-order valence-corrected chi connectivity index (χ3v) is 4.47. The highest BCUT2D eigenvalue weighted by molar-refractivity contribution is 8.00. The average Bonchev–Trinajstić information content (AvgIpc) is 2.63. The summed E-state index contributed by atoms with van der Waals surface area (Å²) in [5.74, 6) is -0.666. The molecule has 0 spiro atoms. The second-order valence-corrected chi connectivity index (χ2v) is 5.92. The molecule has 0 bridgehead atoms. The smallest absolute Gasteiger partial charge is 0.346 e. The van der Waals surface area contributed by atoms with Crippen LogP contribution in [0.4, 0.5) is 0 Å². The first-order chi connectivity index (χ1) is 10.0. The first kappa shape index (κ1) is 15.6. The van der Waals surface area contributed by atoms with Gasteiger partial charge >= 0.3 is 11.7 Å². The number of ether oxygens (including phenoxy) is 1. The number of carbonyl (C=O) groups is 2. The largest absolute Gasteiger partial charge is 0.465 e. The Labute approximate surface area is 125 Å². The van der Waals surface area contributed by atoms with E-state index in [2.05, 4.69) is 15.3 Å². The van der Waals surface area contributed by atoms with E-state index < -0.39 is 11.7 Å². The Bertz CT molecular complexity index is 614. The summed E-state index contributed by atoms with van der Waals surface area (Å²) >= 11 is 1.14. The number of hydrogen-bond acceptors (Lipinski definition) is 6. The molecular formula is C13H17N3O4S. The third kappa shape index (κ3) is 3.63. The van der Waals surface area contributed by atoms with Crippen molar-refractivity contribution in [1.82, 2.24) is 15.3 Å². The number of hydrogen-bond donors (Lipinski definition) is 2. The first-order valence-corrected chi connectivity index (χ1v) is 7.54. The van der Waals surface area contributed by atoms with Gasteiger partial charge in [-0.2, -0.15) is 4.98 Å². The molecule has 1 aromatic rings. The van der Waals surface area contributed by atoms with E-state index >= 15 is 0 Å². The van der Waals surface area contributed by atoms with E-state index in [-0.39, 0.29) is 21.7 Å². The van der Waals surface area contributed by atoms with Crippen LogP contribution >= 0.6 is 11.8 Å². The molecular weight excluding hydrogens is 294 g/mol. The standard InChI is InChI=1S/C13H17N3O4S/c1-7-9(12(18)20-2)11(16-13(19)15-7)21-8-5-3-4-6-14-10(8)17/h8H,3-6H2,1-2H3,(H,14,17)(H,15,16,19)/t8-/m1/s1. The quantitative estimate of drug-likeness (QED) is 0.627. The molecule has 7 nitrogen and oxygen atoms in total. The molecule has 1 aliphatic rings. The Morgan fingerprint density at radius 1 is 1.38 bits per heavy atom. The number of nitrogens with zero attached hydrogens (tertiary/aromatic N) is 1. The number of amides is 1. The van der Waals surface area contributed by atoms with Gasteiger partial charge in [0.2, 0.25) is 5.91 Å². The van der Waals surface area contributed by atoms with E-state index in [0.29, 0.717) is 18.7 Å². The van der Waals surface area contributed by atoms with Crippen molar-refractivity contribution >= 4 is 23.6 Å². The zero-order valence-electron chi connectivity index (χ0n) is 11.9. The lowest BCUT2D eigenvalue weighted by atomic mass is 10.2. The van der Waals surface area contributed by atoms with E-state index in [9.17, 15) is 14.4 Å². The third-order valence-electron chi connectivity index (χ3n) is 3.21. The van der Waals surface area contributed by atoms with Gasteiger partial charge in [-0.15, -0.1) is 0 Å². The monoisotopic (exact) mass is 311 g/mol. The lowest BCUT2D eigenvalue weighted by molar-refractivity contribution is -0.120. The van der Waals surface area contributed by atoms with Gasteiger partial charge in [-0.05, 0) is 19.8 Å². The summed E-state index contributed by atoms with van der Waals surface area (Å²) in [5, 5.41) is 2.70. The molecule has 2 N–H and O–H groups in total. The lowest BCUT2D eigenvalue weighted by Crippen LogP contribution is -2.31. The van der Waals surface area contributed by atoms with Crippen molar-refractivity contribution < 1.29 is 14.3 Å². The predicted molar refractivity (Wildman–Crippen MR) is 77.4 cm³/mol. The minimum atomic E-state index is -0.576. The van der Waals surface area contributed by atoms with Crippen molar-refractivity contribution in [2.75, 3.05) is 13.7 Å². The second kappa shape index (κ2) is 6.75. The number of H-pyrrole nitrogens is 1. The highest BCUT2D eigenvalue weighted by Gasteiger charge is 2.26. The maximum atomic E-state index is 12.0. The number of aromatic amines is 1.